The molecule has 168 valence electrons. The van der Waals surface area contributed by atoms with Gasteiger partial charge in [0, 0.05) is 35.9 Å². The summed E-state index contributed by atoms with van der Waals surface area (Å²) in [5.74, 6) is 0.747. The molecule has 2 unspecified atom stereocenters. The summed E-state index contributed by atoms with van der Waals surface area (Å²) < 4.78 is 10.3. The van der Waals surface area contributed by atoms with Gasteiger partial charge in [-0.2, -0.15) is 0 Å². The van der Waals surface area contributed by atoms with Gasteiger partial charge < -0.3 is 14.6 Å². The van der Waals surface area contributed by atoms with Crippen LogP contribution in [0.15, 0.2) is 12.1 Å². The van der Waals surface area contributed by atoms with Crippen LogP contribution in [0.5, 0.6) is 11.5 Å². The van der Waals surface area contributed by atoms with E-state index in [9.17, 15) is 14.7 Å². The molecule has 4 rings (SSSR count). The monoisotopic (exact) mass is 427 g/mol. The highest BCUT2D eigenvalue weighted by Gasteiger charge is 2.57. The third kappa shape index (κ3) is 3.65. The highest BCUT2D eigenvalue weighted by Crippen LogP contribution is 2.59. The lowest BCUT2D eigenvalue weighted by molar-refractivity contribution is -0.134. The van der Waals surface area contributed by atoms with Crippen LogP contribution in [0.1, 0.15) is 62.1 Å². The summed E-state index contributed by atoms with van der Waals surface area (Å²) in [7, 11) is 2.89. The highest BCUT2D eigenvalue weighted by molar-refractivity contribution is 5.88. The van der Waals surface area contributed by atoms with Gasteiger partial charge in [-0.3, -0.25) is 9.69 Å². The van der Waals surface area contributed by atoms with Crippen LogP contribution in [0, 0.1) is 5.92 Å². The fraction of sp³-hybridized carbons (Fsp3) is 0.600. The van der Waals surface area contributed by atoms with E-state index in [1.807, 2.05) is 0 Å². The second-order valence-corrected chi connectivity index (χ2v) is 9.15. The number of hydrogen-bond donors (Lipinski definition) is 1. The minimum atomic E-state index is -0.426. The van der Waals surface area contributed by atoms with Gasteiger partial charge in [-0.25, -0.2) is 4.79 Å². The van der Waals surface area contributed by atoms with Crippen LogP contribution < -0.4 is 4.74 Å². The smallest absolute Gasteiger partial charge is 0.330 e. The minimum absolute atomic E-state index is 0.160. The highest BCUT2D eigenvalue weighted by atomic mass is 16.5. The zero-order valence-electron chi connectivity index (χ0n) is 18.8. The van der Waals surface area contributed by atoms with Gasteiger partial charge in [-0.05, 0) is 68.0 Å². The number of phenols is 1. The van der Waals surface area contributed by atoms with Gasteiger partial charge in [0.15, 0.2) is 11.5 Å². The Bertz CT molecular complexity index is 908. The van der Waals surface area contributed by atoms with E-state index < -0.39 is 5.97 Å². The number of hydrogen-bond acceptors (Lipinski definition) is 6. The average molecular weight is 428 g/mol. The van der Waals surface area contributed by atoms with Crippen molar-refractivity contribution >= 4 is 17.8 Å². The number of esters is 1. The maximum Gasteiger partial charge on any atom is 0.330 e. The van der Waals surface area contributed by atoms with Crippen molar-refractivity contribution < 1.29 is 24.2 Å². The molecule has 1 aromatic carbocycles. The molecular formula is C25H33NO5. The Hall–Kier alpha value is -2.34. The van der Waals surface area contributed by atoms with E-state index in [4.69, 9.17) is 9.47 Å². The first-order valence-electron chi connectivity index (χ1n) is 11.4. The van der Waals surface area contributed by atoms with Gasteiger partial charge >= 0.3 is 5.97 Å². The van der Waals surface area contributed by atoms with Crippen molar-refractivity contribution in [1.29, 1.82) is 0 Å². The van der Waals surface area contributed by atoms with E-state index in [1.165, 1.54) is 20.3 Å². The molecule has 2 aliphatic carbocycles. The number of nitrogens with zero attached hydrogens (tertiary/aromatic N) is 1. The number of ether oxygens (including phenoxy) is 2. The Labute approximate surface area is 184 Å². The van der Waals surface area contributed by atoms with Gasteiger partial charge in [0.05, 0.1) is 14.2 Å². The van der Waals surface area contributed by atoms with Gasteiger partial charge in [-0.1, -0.05) is 13.3 Å². The van der Waals surface area contributed by atoms with Crippen LogP contribution in [-0.4, -0.2) is 55.1 Å². The van der Waals surface area contributed by atoms with E-state index in [2.05, 4.69) is 11.8 Å². The Morgan fingerprint density at radius 1 is 1.39 bits per heavy atom. The maximum atomic E-state index is 12.7. The van der Waals surface area contributed by atoms with Crippen molar-refractivity contribution in [2.75, 3.05) is 27.3 Å². The van der Waals surface area contributed by atoms with E-state index in [0.717, 1.165) is 61.9 Å². The third-order valence-electron chi connectivity index (χ3n) is 7.67. The van der Waals surface area contributed by atoms with Crippen molar-refractivity contribution in [2.45, 2.75) is 63.3 Å². The molecule has 3 atom stereocenters. The zero-order chi connectivity index (χ0) is 22.2. The lowest BCUT2D eigenvalue weighted by Crippen LogP contribution is -2.62. The molecule has 0 amide bonds. The topological polar surface area (TPSA) is 76.1 Å². The van der Waals surface area contributed by atoms with Crippen LogP contribution in [0.3, 0.4) is 0 Å². The molecule has 0 radical (unpaired) electrons. The molecule has 0 aromatic heterocycles. The second-order valence-electron chi connectivity index (χ2n) is 9.15. The molecule has 31 heavy (non-hydrogen) atoms. The molecule has 1 N–H and O–H groups in total. The lowest BCUT2D eigenvalue weighted by atomic mass is 9.51. The molecule has 6 heteroatoms. The first-order valence-corrected chi connectivity index (χ1v) is 11.4. The fourth-order valence-electron chi connectivity index (χ4n) is 6.27. The molecule has 6 nitrogen and oxygen atoms in total. The quantitative estimate of drug-likeness (QED) is 0.552. The molecule has 1 aliphatic heterocycles. The number of rotatable bonds is 6. The predicted octanol–water partition coefficient (Wildman–Crippen LogP) is 3.62. The van der Waals surface area contributed by atoms with Crippen molar-refractivity contribution in [2.24, 2.45) is 5.92 Å². The molecule has 1 heterocycles. The first-order chi connectivity index (χ1) is 14.9. The van der Waals surface area contributed by atoms with Crippen LogP contribution in [0.4, 0.5) is 0 Å². The zero-order valence-corrected chi connectivity index (χ0v) is 18.8. The molecule has 1 aromatic rings. The Morgan fingerprint density at radius 3 is 2.90 bits per heavy atom. The Balaban J connectivity index is 1.89. The number of likely N-dealkylation sites (tertiary alicyclic amines) is 1. The molecule has 3 aliphatic rings. The number of benzene rings is 1. The summed E-state index contributed by atoms with van der Waals surface area (Å²) in [4.78, 5) is 27.0. The molecule has 1 saturated carbocycles. The van der Waals surface area contributed by atoms with E-state index in [-0.39, 0.29) is 16.9 Å². The van der Waals surface area contributed by atoms with E-state index in [0.29, 0.717) is 30.6 Å². The number of piperidine rings is 1. The molecule has 1 saturated heterocycles. The number of ketones is 1. The summed E-state index contributed by atoms with van der Waals surface area (Å²) in [6, 6.07) is 2.14. The van der Waals surface area contributed by atoms with Crippen molar-refractivity contribution in [1.82, 2.24) is 4.90 Å². The van der Waals surface area contributed by atoms with E-state index in [1.54, 1.807) is 12.1 Å². The molecule has 2 fully saturated rings. The summed E-state index contributed by atoms with van der Waals surface area (Å²) in [5, 5.41) is 11.3. The van der Waals surface area contributed by atoms with Gasteiger partial charge in [0.1, 0.15) is 5.78 Å². The summed E-state index contributed by atoms with van der Waals surface area (Å²) >= 11 is 0. The SMILES string of the molecule is CCCCN1CC[C@@]23CC(=O)CCC2C1Cc1c(/C=C/C(=O)OC)cc(OC)c(O)c13. The lowest BCUT2D eigenvalue weighted by Gasteiger charge is -2.59. The van der Waals surface area contributed by atoms with Gasteiger partial charge in [0.25, 0.3) is 0 Å². The molecule has 2 bridgehead atoms. The number of fused-ring (bicyclic) bond motifs is 1. The number of unbranched alkanes of at least 4 members (excludes halogenated alkanes) is 1. The predicted molar refractivity (Wildman–Crippen MR) is 118 cm³/mol. The largest absolute Gasteiger partial charge is 0.504 e. The Kier molecular flexibility index (Phi) is 6.11. The number of carbonyl (C=O) groups excluding carboxylic acids is 2. The molecule has 0 spiro atoms. The van der Waals surface area contributed by atoms with Crippen LogP contribution in [0.25, 0.3) is 6.08 Å². The fourth-order valence-corrected chi connectivity index (χ4v) is 6.27. The van der Waals surface area contributed by atoms with Crippen LogP contribution in [-0.2, 0) is 26.2 Å². The van der Waals surface area contributed by atoms with Crippen molar-refractivity contribution in [3.8, 4) is 11.5 Å². The second kappa shape index (κ2) is 8.65. The normalized spacial score (nSPS) is 27.6. The van der Waals surface area contributed by atoms with E-state index >= 15 is 0 Å². The van der Waals surface area contributed by atoms with Gasteiger partial charge in [0.2, 0.25) is 0 Å². The average Bonchev–Trinajstić information content (AvgIpc) is 2.77. The standard InChI is InChI=1S/C25H33NO5/c1-4-5-11-26-12-10-25-15-17(27)7-8-19(25)20(26)14-18-16(6-9-22(28)31-3)13-21(30-2)24(29)23(18)25/h6,9,13,19-20,29H,4-5,7-8,10-12,14-15H2,1-3H3/b9-6+/t19?,20?,25-/m1/s1. The third-order valence-corrected chi connectivity index (χ3v) is 7.67. The summed E-state index contributed by atoms with van der Waals surface area (Å²) in [6.07, 6.45) is 9.10. The number of aromatic hydroxyl groups is 1. The van der Waals surface area contributed by atoms with Crippen molar-refractivity contribution in [3.05, 3.63) is 28.8 Å². The number of Topliss-reactive ketones (excluding diaryl/α,β-unsaturated/α-hetero) is 1. The van der Waals surface area contributed by atoms with Crippen molar-refractivity contribution in [3.63, 3.8) is 0 Å². The summed E-state index contributed by atoms with van der Waals surface area (Å²) in [6.45, 7) is 4.22. The first kappa shape index (κ1) is 21.9. The van der Waals surface area contributed by atoms with Crippen LogP contribution in [0.2, 0.25) is 0 Å². The van der Waals surface area contributed by atoms with Crippen LogP contribution >= 0.6 is 0 Å². The molecular weight excluding hydrogens is 394 g/mol. The van der Waals surface area contributed by atoms with Gasteiger partial charge in [-0.15, -0.1) is 0 Å². The minimum Gasteiger partial charge on any atom is -0.504 e. The Morgan fingerprint density at radius 2 is 2.19 bits per heavy atom. The number of phenolic OH excluding ortho intramolecular Hbond substituents is 1. The number of carbonyl (C=O) groups is 2. The summed E-state index contributed by atoms with van der Waals surface area (Å²) in [5.41, 5.74) is 2.41. The number of methoxy groups -OCH3 is 2. The maximum absolute atomic E-state index is 12.7.